The van der Waals surface area contributed by atoms with Gasteiger partial charge in [0.15, 0.2) is 0 Å². The van der Waals surface area contributed by atoms with E-state index in [4.69, 9.17) is 10.00 Å². The topological polar surface area (TPSA) is 123 Å². The standard InChI is InChI=1S/C20H18N4O5/c21-9-14-1-3-15(4-2-14)16-5-7-18(8-6-16)29-12-17(24(28)13-25)11-23-19(26)10-22-20(23)27/h1-8,13,17,28H,10-12H2,(H,22,27). The summed E-state index contributed by atoms with van der Waals surface area (Å²) in [5.74, 6) is 0.0509. The van der Waals surface area contributed by atoms with Crippen molar-refractivity contribution >= 4 is 18.3 Å². The molecule has 1 atom stereocenters. The lowest BCUT2D eigenvalue weighted by atomic mass is 10.0. The van der Waals surface area contributed by atoms with Crippen molar-refractivity contribution < 1.29 is 24.3 Å². The molecule has 1 aliphatic rings. The fraction of sp³-hybridized carbons (Fsp3) is 0.200. The van der Waals surface area contributed by atoms with Gasteiger partial charge in [0.1, 0.15) is 18.4 Å². The first kappa shape index (κ1) is 19.9. The Morgan fingerprint density at radius 1 is 1.17 bits per heavy atom. The third-order valence-electron chi connectivity index (χ3n) is 4.46. The minimum absolute atomic E-state index is 0.115. The van der Waals surface area contributed by atoms with Crippen LogP contribution in [0.3, 0.4) is 0 Å². The minimum Gasteiger partial charge on any atom is -0.491 e. The predicted molar refractivity (Wildman–Crippen MR) is 101 cm³/mol. The van der Waals surface area contributed by atoms with Crippen LogP contribution < -0.4 is 10.1 Å². The summed E-state index contributed by atoms with van der Waals surface area (Å²) < 4.78 is 5.63. The number of imide groups is 1. The summed E-state index contributed by atoms with van der Waals surface area (Å²) in [7, 11) is 0. The Labute approximate surface area is 166 Å². The minimum atomic E-state index is -0.918. The second-order valence-electron chi connectivity index (χ2n) is 6.33. The maximum Gasteiger partial charge on any atom is 0.324 e. The van der Waals surface area contributed by atoms with E-state index in [-0.39, 0.29) is 26.1 Å². The van der Waals surface area contributed by atoms with Crippen LogP contribution in [0.15, 0.2) is 48.5 Å². The van der Waals surface area contributed by atoms with Gasteiger partial charge >= 0.3 is 6.03 Å². The molecule has 0 spiro atoms. The van der Waals surface area contributed by atoms with Crippen molar-refractivity contribution in [1.29, 1.82) is 5.26 Å². The Morgan fingerprint density at radius 3 is 2.31 bits per heavy atom. The number of hydrogen-bond acceptors (Lipinski definition) is 6. The Hall–Kier alpha value is -3.90. The van der Waals surface area contributed by atoms with Crippen LogP contribution in [0.25, 0.3) is 11.1 Å². The van der Waals surface area contributed by atoms with Gasteiger partial charge in [0, 0.05) is 0 Å². The predicted octanol–water partition coefficient (Wildman–Crippen LogP) is 1.37. The van der Waals surface area contributed by atoms with E-state index in [0.717, 1.165) is 16.0 Å². The fourth-order valence-corrected chi connectivity index (χ4v) is 2.82. The van der Waals surface area contributed by atoms with Crippen LogP contribution in [-0.2, 0) is 9.59 Å². The molecular weight excluding hydrogens is 376 g/mol. The zero-order valence-corrected chi connectivity index (χ0v) is 15.3. The summed E-state index contributed by atoms with van der Waals surface area (Å²) in [6.07, 6.45) is 0.195. The third-order valence-corrected chi connectivity index (χ3v) is 4.46. The molecule has 0 aromatic heterocycles. The molecule has 1 unspecified atom stereocenters. The van der Waals surface area contributed by atoms with Crippen LogP contribution in [0.5, 0.6) is 5.75 Å². The summed E-state index contributed by atoms with van der Waals surface area (Å²) in [6, 6.07) is 14.8. The van der Waals surface area contributed by atoms with Gasteiger partial charge in [-0.3, -0.25) is 19.7 Å². The number of carbonyl (C=O) groups excluding carboxylic acids is 3. The first-order valence-electron chi connectivity index (χ1n) is 8.76. The van der Waals surface area contributed by atoms with Gasteiger partial charge in [-0.05, 0) is 35.4 Å². The molecular formula is C20H18N4O5. The number of nitriles is 1. The molecule has 0 radical (unpaired) electrons. The number of nitrogens with zero attached hydrogens (tertiary/aromatic N) is 3. The lowest BCUT2D eigenvalue weighted by molar-refractivity contribution is -0.164. The van der Waals surface area contributed by atoms with Gasteiger partial charge in [-0.25, -0.2) is 9.86 Å². The number of ether oxygens (including phenoxy) is 1. The van der Waals surface area contributed by atoms with Gasteiger partial charge in [0.2, 0.25) is 12.3 Å². The maximum atomic E-state index is 11.7. The van der Waals surface area contributed by atoms with Crippen molar-refractivity contribution in [2.24, 2.45) is 0 Å². The Balaban J connectivity index is 1.64. The number of hydrogen-bond donors (Lipinski definition) is 2. The number of amides is 4. The molecule has 3 rings (SSSR count). The second kappa shape index (κ2) is 8.86. The van der Waals surface area contributed by atoms with E-state index in [1.807, 2.05) is 24.3 Å². The largest absolute Gasteiger partial charge is 0.491 e. The van der Waals surface area contributed by atoms with E-state index in [1.165, 1.54) is 0 Å². The highest BCUT2D eigenvalue weighted by atomic mass is 16.5. The Morgan fingerprint density at radius 2 is 1.79 bits per heavy atom. The quantitative estimate of drug-likeness (QED) is 0.302. The molecule has 2 aromatic carbocycles. The highest BCUT2D eigenvalue weighted by Gasteiger charge is 2.32. The molecule has 0 saturated carbocycles. The van der Waals surface area contributed by atoms with Gasteiger partial charge in [-0.2, -0.15) is 5.26 Å². The van der Waals surface area contributed by atoms with Crippen molar-refractivity contribution in [2.75, 3.05) is 19.7 Å². The van der Waals surface area contributed by atoms with Crippen LogP contribution in [-0.4, -0.2) is 59.3 Å². The fourth-order valence-electron chi connectivity index (χ4n) is 2.82. The number of urea groups is 1. The van der Waals surface area contributed by atoms with E-state index in [1.54, 1.807) is 24.3 Å². The molecule has 2 N–H and O–H groups in total. The van der Waals surface area contributed by atoms with Crippen molar-refractivity contribution in [3.05, 3.63) is 54.1 Å². The van der Waals surface area contributed by atoms with Crippen molar-refractivity contribution in [3.8, 4) is 22.9 Å². The van der Waals surface area contributed by atoms with Crippen LogP contribution >= 0.6 is 0 Å². The van der Waals surface area contributed by atoms with Crippen molar-refractivity contribution in [1.82, 2.24) is 15.3 Å². The molecule has 9 heteroatoms. The number of carbonyl (C=O) groups is 3. The van der Waals surface area contributed by atoms with E-state index < -0.39 is 18.0 Å². The lowest BCUT2D eigenvalue weighted by Crippen LogP contribution is -2.47. The third kappa shape index (κ3) is 4.69. The second-order valence-corrected chi connectivity index (χ2v) is 6.33. The van der Waals surface area contributed by atoms with Crippen LogP contribution in [0.2, 0.25) is 0 Å². The zero-order valence-electron chi connectivity index (χ0n) is 15.3. The molecule has 1 aliphatic heterocycles. The highest BCUT2D eigenvalue weighted by molar-refractivity contribution is 6.02. The zero-order chi connectivity index (χ0) is 20.8. The van der Waals surface area contributed by atoms with Crippen LogP contribution in [0, 0.1) is 11.3 Å². The van der Waals surface area contributed by atoms with Crippen molar-refractivity contribution in [3.63, 3.8) is 0 Å². The number of nitrogens with one attached hydrogen (secondary N) is 1. The molecule has 2 aromatic rings. The van der Waals surface area contributed by atoms with E-state index >= 15 is 0 Å². The molecule has 1 fully saturated rings. The Kier molecular flexibility index (Phi) is 6.06. The molecule has 29 heavy (non-hydrogen) atoms. The average molecular weight is 394 g/mol. The summed E-state index contributed by atoms with van der Waals surface area (Å²) in [4.78, 5) is 35.2. The molecule has 0 aliphatic carbocycles. The number of benzene rings is 2. The summed E-state index contributed by atoms with van der Waals surface area (Å²) >= 11 is 0. The van der Waals surface area contributed by atoms with Crippen molar-refractivity contribution in [2.45, 2.75) is 6.04 Å². The molecule has 148 valence electrons. The normalized spacial score (nSPS) is 14.1. The van der Waals surface area contributed by atoms with Gasteiger partial charge in [0.25, 0.3) is 0 Å². The highest BCUT2D eigenvalue weighted by Crippen LogP contribution is 2.23. The van der Waals surface area contributed by atoms with Gasteiger partial charge < -0.3 is 10.1 Å². The van der Waals surface area contributed by atoms with E-state index in [0.29, 0.717) is 16.4 Å². The molecule has 4 amide bonds. The van der Waals surface area contributed by atoms with Gasteiger partial charge in [0.05, 0.1) is 24.7 Å². The first-order chi connectivity index (χ1) is 14.0. The molecule has 9 nitrogen and oxygen atoms in total. The van der Waals surface area contributed by atoms with E-state index in [2.05, 4.69) is 11.4 Å². The van der Waals surface area contributed by atoms with Gasteiger partial charge in [-0.15, -0.1) is 0 Å². The van der Waals surface area contributed by atoms with Crippen LogP contribution in [0.4, 0.5) is 4.79 Å². The van der Waals surface area contributed by atoms with Gasteiger partial charge in [-0.1, -0.05) is 24.3 Å². The average Bonchev–Trinajstić information content (AvgIpc) is 3.08. The van der Waals surface area contributed by atoms with E-state index in [9.17, 15) is 19.6 Å². The monoisotopic (exact) mass is 394 g/mol. The van der Waals surface area contributed by atoms with Crippen LogP contribution in [0.1, 0.15) is 5.56 Å². The lowest BCUT2D eigenvalue weighted by Gasteiger charge is -2.25. The summed E-state index contributed by atoms with van der Waals surface area (Å²) in [5, 5.41) is 21.4. The SMILES string of the molecule is N#Cc1ccc(-c2ccc(OCC(CN3C(=O)CNC3=O)N(O)C=O)cc2)cc1. The molecule has 1 saturated heterocycles. The Bertz CT molecular complexity index is 921. The number of hydroxylamine groups is 2. The number of rotatable bonds is 8. The smallest absolute Gasteiger partial charge is 0.324 e. The first-order valence-corrected chi connectivity index (χ1v) is 8.76. The maximum absolute atomic E-state index is 11.7. The molecule has 0 bridgehead atoms. The summed E-state index contributed by atoms with van der Waals surface area (Å²) in [5.41, 5.74) is 2.44. The molecule has 1 heterocycles. The summed E-state index contributed by atoms with van der Waals surface area (Å²) in [6.45, 7) is -0.429.